The smallest absolute Gasteiger partial charge is 0.227 e. The number of nitrogens with zero attached hydrogens (tertiary/aromatic N) is 1. The van der Waals surface area contributed by atoms with E-state index in [4.69, 9.17) is 10.00 Å². The van der Waals surface area contributed by atoms with E-state index in [1.807, 2.05) is 7.05 Å². The van der Waals surface area contributed by atoms with Crippen molar-refractivity contribution in [3.63, 3.8) is 0 Å². The lowest BCUT2D eigenvalue weighted by Crippen LogP contribution is -2.42. The zero-order valence-electron chi connectivity index (χ0n) is 9.66. The summed E-state index contributed by atoms with van der Waals surface area (Å²) in [5, 5.41) is 14.3. The van der Waals surface area contributed by atoms with Gasteiger partial charge < -0.3 is 15.4 Å². The fourth-order valence-corrected chi connectivity index (χ4v) is 1.77. The molecule has 1 aliphatic rings. The van der Waals surface area contributed by atoms with Gasteiger partial charge in [0.2, 0.25) is 5.91 Å². The van der Waals surface area contributed by atoms with E-state index in [1.165, 1.54) is 0 Å². The normalized spacial score (nSPS) is 24.0. The number of nitrogens with one attached hydrogen (secondary N) is 2. The minimum absolute atomic E-state index is 0.0498. The summed E-state index contributed by atoms with van der Waals surface area (Å²) in [6, 6.07) is 2.21. The first kappa shape index (κ1) is 12.9. The molecule has 2 unspecified atom stereocenters. The first-order chi connectivity index (χ1) is 7.79. The second kappa shape index (κ2) is 7.20. The molecule has 0 spiro atoms. The largest absolute Gasteiger partial charge is 0.379 e. The van der Waals surface area contributed by atoms with Crippen molar-refractivity contribution in [2.45, 2.75) is 25.3 Å². The summed E-state index contributed by atoms with van der Waals surface area (Å²) < 4.78 is 5.26. The number of nitriles is 1. The van der Waals surface area contributed by atoms with Crippen molar-refractivity contribution >= 4 is 5.91 Å². The van der Waals surface area contributed by atoms with Gasteiger partial charge in [0, 0.05) is 19.0 Å². The SMILES string of the molecule is CNC1COCC1C(=O)NCCCCC#N. The molecule has 90 valence electrons. The molecule has 1 amide bonds. The zero-order valence-corrected chi connectivity index (χ0v) is 9.66. The Bertz CT molecular complexity index is 262. The van der Waals surface area contributed by atoms with Crippen LogP contribution in [0.2, 0.25) is 0 Å². The second-order valence-electron chi connectivity index (χ2n) is 3.95. The summed E-state index contributed by atoms with van der Waals surface area (Å²) >= 11 is 0. The van der Waals surface area contributed by atoms with Crippen molar-refractivity contribution in [1.29, 1.82) is 5.26 Å². The summed E-state index contributed by atoms with van der Waals surface area (Å²) in [6.45, 7) is 1.74. The summed E-state index contributed by atoms with van der Waals surface area (Å²) in [7, 11) is 1.84. The number of amides is 1. The third kappa shape index (κ3) is 3.80. The van der Waals surface area contributed by atoms with E-state index in [0.29, 0.717) is 26.2 Å². The molecule has 0 radical (unpaired) electrons. The van der Waals surface area contributed by atoms with Gasteiger partial charge >= 0.3 is 0 Å². The fourth-order valence-electron chi connectivity index (χ4n) is 1.77. The van der Waals surface area contributed by atoms with Crippen LogP contribution in [0.5, 0.6) is 0 Å². The van der Waals surface area contributed by atoms with Gasteiger partial charge in [-0.05, 0) is 19.9 Å². The molecule has 1 saturated heterocycles. The van der Waals surface area contributed by atoms with Gasteiger partial charge in [-0.25, -0.2) is 0 Å². The van der Waals surface area contributed by atoms with E-state index >= 15 is 0 Å². The number of hydrogen-bond acceptors (Lipinski definition) is 4. The van der Waals surface area contributed by atoms with Crippen LogP contribution in [0.25, 0.3) is 0 Å². The molecule has 16 heavy (non-hydrogen) atoms. The number of carbonyl (C=O) groups is 1. The number of hydrogen-bond donors (Lipinski definition) is 2. The molecule has 1 heterocycles. The quantitative estimate of drug-likeness (QED) is 0.625. The molecule has 0 aromatic rings. The van der Waals surface area contributed by atoms with Crippen LogP contribution in [0.15, 0.2) is 0 Å². The van der Waals surface area contributed by atoms with Crippen molar-refractivity contribution in [3.05, 3.63) is 0 Å². The van der Waals surface area contributed by atoms with E-state index < -0.39 is 0 Å². The lowest BCUT2D eigenvalue weighted by atomic mass is 10.0. The molecule has 2 atom stereocenters. The molecule has 5 heteroatoms. The molecule has 0 bridgehead atoms. The maximum atomic E-state index is 11.8. The van der Waals surface area contributed by atoms with Gasteiger partial charge in [0.15, 0.2) is 0 Å². The van der Waals surface area contributed by atoms with Gasteiger partial charge in [-0.2, -0.15) is 5.26 Å². The van der Waals surface area contributed by atoms with E-state index in [2.05, 4.69) is 16.7 Å². The third-order valence-electron chi connectivity index (χ3n) is 2.80. The van der Waals surface area contributed by atoms with Crippen LogP contribution < -0.4 is 10.6 Å². The van der Waals surface area contributed by atoms with Gasteiger partial charge in [-0.3, -0.25) is 4.79 Å². The number of unbranched alkanes of at least 4 members (excludes halogenated alkanes) is 2. The molecular formula is C11H19N3O2. The summed E-state index contributed by atoms with van der Waals surface area (Å²) in [6.07, 6.45) is 2.26. The minimum Gasteiger partial charge on any atom is -0.379 e. The molecule has 5 nitrogen and oxygen atoms in total. The van der Waals surface area contributed by atoms with Gasteiger partial charge in [0.1, 0.15) is 0 Å². The Morgan fingerprint density at radius 3 is 3.00 bits per heavy atom. The Labute approximate surface area is 96.2 Å². The van der Waals surface area contributed by atoms with E-state index in [-0.39, 0.29) is 17.9 Å². The maximum absolute atomic E-state index is 11.8. The Balaban J connectivity index is 2.17. The van der Waals surface area contributed by atoms with Crippen LogP contribution in [0.3, 0.4) is 0 Å². The van der Waals surface area contributed by atoms with Crippen molar-refractivity contribution in [2.75, 3.05) is 26.8 Å². The molecule has 0 saturated carbocycles. The standard InChI is InChI=1S/C11H19N3O2/c1-13-10-8-16-7-9(10)11(15)14-6-4-2-3-5-12/h9-10,13H,2-4,6-8H2,1H3,(H,14,15). The lowest BCUT2D eigenvalue weighted by Gasteiger charge is -2.16. The van der Waals surface area contributed by atoms with Gasteiger partial charge in [-0.1, -0.05) is 0 Å². The number of ether oxygens (including phenoxy) is 1. The summed E-state index contributed by atoms with van der Waals surface area (Å²) in [4.78, 5) is 11.8. The van der Waals surface area contributed by atoms with E-state index in [1.54, 1.807) is 0 Å². The molecule has 0 aliphatic carbocycles. The Morgan fingerprint density at radius 1 is 1.50 bits per heavy atom. The highest BCUT2D eigenvalue weighted by molar-refractivity contribution is 5.79. The zero-order chi connectivity index (χ0) is 11.8. The summed E-state index contributed by atoms with van der Waals surface area (Å²) in [5.74, 6) is -0.0326. The predicted octanol–water partition coefficient (Wildman–Crippen LogP) is 0.0309. The summed E-state index contributed by atoms with van der Waals surface area (Å²) in [5.41, 5.74) is 0. The molecule has 2 N–H and O–H groups in total. The van der Waals surface area contributed by atoms with Gasteiger partial charge in [-0.15, -0.1) is 0 Å². The Kier molecular flexibility index (Phi) is 5.83. The second-order valence-corrected chi connectivity index (χ2v) is 3.95. The van der Waals surface area contributed by atoms with Crippen LogP contribution in [0.1, 0.15) is 19.3 Å². The highest BCUT2D eigenvalue weighted by Crippen LogP contribution is 2.13. The van der Waals surface area contributed by atoms with Gasteiger partial charge in [0.05, 0.1) is 25.2 Å². The lowest BCUT2D eigenvalue weighted by molar-refractivity contribution is -0.125. The highest BCUT2D eigenvalue weighted by atomic mass is 16.5. The first-order valence-electron chi connectivity index (χ1n) is 5.69. The van der Waals surface area contributed by atoms with Crippen molar-refractivity contribution < 1.29 is 9.53 Å². The first-order valence-corrected chi connectivity index (χ1v) is 5.69. The fraction of sp³-hybridized carbons (Fsp3) is 0.818. The third-order valence-corrected chi connectivity index (χ3v) is 2.80. The highest BCUT2D eigenvalue weighted by Gasteiger charge is 2.32. The number of rotatable bonds is 6. The molecule has 1 aliphatic heterocycles. The number of carbonyl (C=O) groups excluding carboxylic acids is 1. The molecular weight excluding hydrogens is 206 g/mol. The average Bonchev–Trinajstić information content (AvgIpc) is 2.76. The van der Waals surface area contributed by atoms with Crippen LogP contribution in [0, 0.1) is 17.2 Å². The molecule has 0 aromatic carbocycles. The average molecular weight is 225 g/mol. The van der Waals surface area contributed by atoms with Gasteiger partial charge in [0.25, 0.3) is 0 Å². The molecule has 0 aromatic heterocycles. The topological polar surface area (TPSA) is 74.2 Å². The van der Waals surface area contributed by atoms with Crippen LogP contribution >= 0.6 is 0 Å². The molecule has 1 rings (SSSR count). The molecule has 1 fully saturated rings. The van der Waals surface area contributed by atoms with Crippen molar-refractivity contribution in [2.24, 2.45) is 5.92 Å². The van der Waals surface area contributed by atoms with E-state index in [0.717, 1.165) is 12.8 Å². The van der Waals surface area contributed by atoms with Crippen LogP contribution in [0.4, 0.5) is 0 Å². The predicted molar refractivity (Wildman–Crippen MR) is 59.6 cm³/mol. The Morgan fingerprint density at radius 2 is 2.31 bits per heavy atom. The minimum atomic E-state index is -0.0824. The van der Waals surface area contributed by atoms with Crippen LogP contribution in [-0.2, 0) is 9.53 Å². The maximum Gasteiger partial charge on any atom is 0.227 e. The van der Waals surface area contributed by atoms with Crippen LogP contribution in [-0.4, -0.2) is 38.8 Å². The Hall–Kier alpha value is -1.12. The van der Waals surface area contributed by atoms with Crippen molar-refractivity contribution in [1.82, 2.24) is 10.6 Å². The number of likely N-dealkylation sites (N-methyl/N-ethyl adjacent to an activating group) is 1. The van der Waals surface area contributed by atoms with E-state index in [9.17, 15) is 4.79 Å². The monoisotopic (exact) mass is 225 g/mol. The van der Waals surface area contributed by atoms with Crippen molar-refractivity contribution in [3.8, 4) is 6.07 Å².